The van der Waals surface area contributed by atoms with Crippen LogP contribution in [-0.2, 0) is 19.9 Å². The summed E-state index contributed by atoms with van der Waals surface area (Å²) in [5.74, 6) is 0.0600. The average molecular weight is 230 g/mol. The molecule has 2 aromatic rings. The molecule has 0 unspecified atom stereocenters. The van der Waals surface area contributed by atoms with Gasteiger partial charge in [0.25, 0.3) is 0 Å². The summed E-state index contributed by atoms with van der Waals surface area (Å²) >= 11 is 0. The summed E-state index contributed by atoms with van der Waals surface area (Å²) < 4.78 is 1.59. The van der Waals surface area contributed by atoms with Gasteiger partial charge in [0.1, 0.15) is 0 Å². The van der Waals surface area contributed by atoms with Crippen molar-refractivity contribution in [1.29, 1.82) is 0 Å². The number of carbonyl (C=O) groups is 1. The summed E-state index contributed by atoms with van der Waals surface area (Å²) in [5.41, 5.74) is 2.39. The minimum atomic E-state index is 0.0600. The highest BCUT2D eigenvalue weighted by atomic mass is 16.1. The molecule has 0 spiro atoms. The zero-order valence-electron chi connectivity index (χ0n) is 9.92. The largest absolute Gasteiger partial charge is 0.294 e. The first-order valence-electron chi connectivity index (χ1n) is 5.52. The molecular weight excluding hydrogens is 216 g/mol. The van der Waals surface area contributed by atoms with Crippen LogP contribution in [0.4, 0.5) is 0 Å². The SMILES string of the molecule is CCc1cnccc1C(=O)Cc1cn(C)nn1. The van der Waals surface area contributed by atoms with Gasteiger partial charge in [0, 0.05) is 31.2 Å². The molecular formula is C12H14N4O. The van der Waals surface area contributed by atoms with Gasteiger partial charge >= 0.3 is 0 Å². The highest BCUT2D eigenvalue weighted by molar-refractivity contribution is 5.98. The van der Waals surface area contributed by atoms with Crippen LogP contribution in [0.25, 0.3) is 0 Å². The summed E-state index contributed by atoms with van der Waals surface area (Å²) in [6, 6.07) is 1.76. The van der Waals surface area contributed by atoms with Crippen molar-refractivity contribution in [2.24, 2.45) is 7.05 Å². The fourth-order valence-electron chi connectivity index (χ4n) is 1.72. The van der Waals surface area contributed by atoms with E-state index in [0.717, 1.165) is 17.5 Å². The summed E-state index contributed by atoms with van der Waals surface area (Å²) in [6.45, 7) is 2.01. The lowest BCUT2D eigenvalue weighted by atomic mass is 10.0. The highest BCUT2D eigenvalue weighted by Gasteiger charge is 2.12. The molecule has 0 saturated heterocycles. The first-order valence-corrected chi connectivity index (χ1v) is 5.52. The smallest absolute Gasteiger partial charge is 0.169 e. The molecule has 0 bridgehead atoms. The van der Waals surface area contributed by atoms with Crippen molar-refractivity contribution in [1.82, 2.24) is 20.0 Å². The Morgan fingerprint density at radius 1 is 1.47 bits per heavy atom. The van der Waals surface area contributed by atoms with Crippen LogP contribution in [-0.4, -0.2) is 25.8 Å². The van der Waals surface area contributed by atoms with E-state index in [0.29, 0.717) is 5.69 Å². The predicted octanol–water partition coefficient (Wildman–Crippen LogP) is 1.20. The monoisotopic (exact) mass is 230 g/mol. The molecule has 0 saturated carbocycles. The Morgan fingerprint density at radius 2 is 2.29 bits per heavy atom. The molecule has 0 fully saturated rings. The van der Waals surface area contributed by atoms with Crippen LogP contribution >= 0.6 is 0 Å². The van der Waals surface area contributed by atoms with Gasteiger partial charge in [-0.05, 0) is 18.1 Å². The molecule has 5 heteroatoms. The Kier molecular flexibility index (Phi) is 3.27. The lowest BCUT2D eigenvalue weighted by Crippen LogP contribution is -2.07. The van der Waals surface area contributed by atoms with Crippen LogP contribution in [0.15, 0.2) is 24.7 Å². The van der Waals surface area contributed by atoms with Gasteiger partial charge in [0.05, 0.1) is 12.1 Å². The van der Waals surface area contributed by atoms with Gasteiger partial charge in [-0.2, -0.15) is 0 Å². The summed E-state index contributed by atoms with van der Waals surface area (Å²) in [5, 5.41) is 7.72. The van der Waals surface area contributed by atoms with Crippen molar-refractivity contribution in [2.45, 2.75) is 19.8 Å². The van der Waals surface area contributed by atoms with Gasteiger partial charge in [-0.25, -0.2) is 0 Å². The molecule has 0 amide bonds. The number of rotatable bonds is 4. The van der Waals surface area contributed by atoms with Gasteiger partial charge in [-0.1, -0.05) is 12.1 Å². The van der Waals surface area contributed by atoms with Crippen LogP contribution in [0.5, 0.6) is 0 Å². The van der Waals surface area contributed by atoms with Crippen molar-refractivity contribution in [3.63, 3.8) is 0 Å². The van der Waals surface area contributed by atoms with Crippen LogP contribution in [0.2, 0.25) is 0 Å². The maximum absolute atomic E-state index is 12.1. The van der Waals surface area contributed by atoms with Crippen LogP contribution in [0.1, 0.15) is 28.5 Å². The van der Waals surface area contributed by atoms with Gasteiger partial charge in [0.15, 0.2) is 5.78 Å². The second-order valence-electron chi connectivity index (χ2n) is 3.87. The molecule has 0 aliphatic carbocycles. The van der Waals surface area contributed by atoms with E-state index in [9.17, 15) is 4.79 Å². The van der Waals surface area contributed by atoms with Crippen LogP contribution in [0.3, 0.4) is 0 Å². The first-order chi connectivity index (χ1) is 8.20. The third kappa shape index (κ3) is 2.55. The fraction of sp³-hybridized carbons (Fsp3) is 0.333. The lowest BCUT2D eigenvalue weighted by Gasteiger charge is -2.04. The van der Waals surface area contributed by atoms with Crippen molar-refractivity contribution >= 4 is 5.78 Å². The molecule has 0 N–H and O–H groups in total. The number of hydrogen-bond donors (Lipinski definition) is 0. The van der Waals surface area contributed by atoms with E-state index in [2.05, 4.69) is 15.3 Å². The van der Waals surface area contributed by atoms with Gasteiger partial charge in [0.2, 0.25) is 0 Å². The molecule has 0 aliphatic rings. The molecule has 5 nitrogen and oxygen atoms in total. The van der Waals surface area contributed by atoms with Crippen molar-refractivity contribution in [2.75, 3.05) is 0 Å². The normalized spacial score (nSPS) is 10.5. The van der Waals surface area contributed by atoms with E-state index in [1.165, 1.54) is 0 Å². The molecule has 17 heavy (non-hydrogen) atoms. The standard InChI is InChI=1S/C12H14N4O/c1-3-9-7-13-5-4-11(9)12(17)6-10-8-16(2)15-14-10/h4-5,7-8H,3,6H2,1-2H3. The van der Waals surface area contributed by atoms with Crippen molar-refractivity contribution in [3.8, 4) is 0 Å². The number of pyridine rings is 1. The quantitative estimate of drug-likeness (QED) is 0.740. The van der Waals surface area contributed by atoms with Crippen LogP contribution in [0, 0.1) is 0 Å². The molecule has 0 radical (unpaired) electrons. The lowest BCUT2D eigenvalue weighted by molar-refractivity contribution is 0.0991. The van der Waals surface area contributed by atoms with Crippen molar-refractivity contribution in [3.05, 3.63) is 41.5 Å². The average Bonchev–Trinajstić information content (AvgIpc) is 2.74. The Bertz CT molecular complexity index is 533. The van der Waals surface area contributed by atoms with Gasteiger partial charge in [-0.3, -0.25) is 14.5 Å². The van der Waals surface area contributed by atoms with E-state index in [1.54, 1.807) is 36.4 Å². The number of aromatic nitrogens is 4. The maximum atomic E-state index is 12.1. The Morgan fingerprint density at radius 3 is 2.94 bits per heavy atom. The van der Waals surface area contributed by atoms with Gasteiger partial charge < -0.3 is 0 Å². The topological polar surface area (TPSA) is 60.7 Å². The maximum Gasteiger partial charge on any atom is 0.169 e. The summed E-state index contributed by atoms with van der Waals surface area (Å²) in [7, 11) is 1.78. The Hall–Kier alpha value is -2.04. The number of carbonyl (C=O) groups excluding carboxylic acids is 1. The zero-order chi connectivity index (χ0) is 12.3. The van der Waals surface area contributed by atoms with E-state index in [-0.39, 0.29) is 12.2 Å². The second kappa shape index (κ2) is 4.86. The number of nitrogens with zero attached hydrogens (tertiary/aromatic N) is 4. The van der Waals surface area contributed by atoms with Gasteiger partial charge in [-0.15, -0.1) is 5.10 Å². The molecule has 2 rings (SSSR count). The minimum absolute atomic E-state index is 0.0600. The Labute approximate surface area is 99.5 Å². The minimum Gasteiger partial charge on any atom is -0.294 e. The molecule has 0 aromatic carbocycles. The molecule has 0 aliphatic heterocycles. The third-order valence-electron chi connectivity index (χ3n) is 2.58. The number of Topliss-reactive ketones (excluding diaryl/α,β-unsaturated/α-hetero) is 1. The zero-order valence-corrected chi connectivity index (χ0v) is 9.92. The second-order valence-corrected chi connectivity index (χ2v) is 3.87. The van der Waals surface area contributed by atoms with E-state index in [1.807, 2.05) is 6.92 Å². The molecule has 2 aromatic heterocycles. The van der Waals surface area contributed by atoms with E-state index >= 15 is 0 Å². The molecule has 88 valence electrons. The number of ketones is 1. The third-order valence-corrected chi connectivity index (χ3v) is 2.58. The highest BCUT2D eigenvalue weighted by Crippen LogP contribution is 2.11. The predicted molar refractivity (Wildman–Crippen MR) is 62.7 cm³/mol. The number of hydrogen-bond acceptors (Lipinski definition) is 4. The van der Waals surface area contributed by atoms with E-state index < -0.39 is 0 Å². The fourth-order valence-corrected chi connectivity index (χ4v) is 1.72. The molecule has 2 heterocycles. The summed E-state index contributed by atoms with van der Waals surface area (Å²) in [6.07, 6.45) is 6.22. The van der Waals surface area contributed by atoms with Crippen LogP contribution < -0.4 is 0 Å². The number of aryl methyl sites for hydroxylation is 2. The van der Waals surface area contributed by atoms with Crippen molar-refractivity contribution < 1.29 is 4.79 Å². The van der Waals surface area contributed by atoms with E-state index in [4.69, 9.17) is 0 Å². The summed E-state index contributed by atoms with van der Waals surface area (Å²) in [4.78, 5) is 16.1. The molecule has 0 atom stereocenters. The first kappa shape index (κ1) is 11.4. The Balaban J connectivity index is 2.20.